The second-order valence-corrected chi connectivity index (χ2v) is 6.83. The van der Waals surface area contributed by atoms with Crippen molar-refractivity contribution >= 4 is 22.6 Å². The van der Waals surface area contributed by atoms with Gasteiger partial charge in [-0.25, -0.2) is 0 Å². The number of halogens is 1. The molecule has 20 heavy (non-hydrogen) atoms. The van der Waals surface area contributed by atoms with Gasteiger partial charge in [-0.3, -0.25) is 4.90 Å². The minimum absolute atomic E-state index is 0.591. The Morgan fingerprint density at radius 3 is 2.65 bits per heavy atom. The predicted molar refractivity (Wildman–Crippen MR) is 88.8 cm³/mol. The third-order valence-electron chi connectivity index (χ3n) is 3.61. The van der Waals surface area contributed by atoms with Gasteiger partial charge < -0.3 is 14.5 Å². The molecule has 5 heteroatoms. The fourth-order valence-corrected chi connectivity index (χ4v) is 3.12. The average Bonchev–Trinajstić information content (AvgIpc) is 2.84. The van der Waals surface area contributed by atoms with Crippen LogP contribution >= 0.6 is 22.6 Å². The van der Waals surface area contributed by atoms with E-state index in [1.165, 1.54) is 6.42 Å². The van der Waals surface area contributed by atoms with Gasteiger partial charge >= 0.3 is 0 Å². The van der Waals surface area contributed by atoms with Gasteiger partial charge in [-0.1, -0.05) is 13.8 Å². The average molecular weight is 392 g/mol. The lowest BCUT2D eigenvalue weighted by Crippen LogP contribution is -2.48. The minimum atomic E-state index is 0.591. The molecule has 1 N–H and O–H groups in total. The van der Waals surface area contributed by atoms with E-state index in [4.69, 9.17) is 9.15 Å². The van der Waals surface area contributed by atoms with Crippen LogP contribution in [0, 0.1) is 9.68 Å². The summed E-state index contributed by atoms with van der Waals surface area (Å²) < 4.78 is 12.0. The molecule has 0 saturated carbocycles. The van der Waals surface area contributed by atoms with Crippen LogP contribution in [0.5, 0.6) is 0 Å². The first-order chi connectivity index (χ1) is 9.65. The Morgan fingerprint density at radius 1 is 1.30 bits per heavy atom. The lowest BCUT2D eigenvalue weighted by atomic mass is 10.0. The molecule has 0 amide bonds. The van der Waals surface area contributed by atoms with Gasteiger partial charge in [-0.2, -0.15) is 0 Å². The number of ether oxygens (including phenoxy) is 1. The summed E-state index contributed by atoms with van der Waals surface area (Å²) in [5, 5.41) is 3.54. The SMILES string of the molecule is CC(C)CC(CNCc1ccc(I)o1)N1CCOCC1. The van der Waals surface area contributed by atoms with Crippen LogP contribution in [-0.4, -0.2) is 43.8 Å². The van der Waals surface area contributed by atoms with E-state index in [9.17, 15) is 0 Å². The van der Waals surface area contributed by atoms with Gasteiger partial charge in [0.1, 0.15) is 5.76 Å². The van der Waals surface area contributed by atoms with Gasteiger partial charge in [0.2, 0.25) is 0 Å². The zero-order valence-electron chi connectivity index (χ0n) is 12.4. The maximum absolute atomic E-state index is 5.58. The number of nitrogens with one attached hydrogen (secondary N) is 1. The molecule has 1 aromatic rings. The summed E-state index contributed by atoms with van der Waals surface area (Å²) in [6, 6.07) is 4.64. The first-order valence-electron chi connectivity index (χ1n) is 7.42. The van der Waals surface area contributed by atoms with Gasteiger partial charge in [-0.05, 0) is 47.1 Å². The second-order valence-electron chi connectivity index (χ2n) is 5.77. The first kappa shape index (κ1) is 16.3. The maximum Gasteiger partial charge on any atom is 0.164 e. The molecular weight excluding hydrogens is 367 g/mol. The first-order valence-corrected chi connectivity index (χ1v) is 8.49. The molecule has 2 rings (SSSR count). The number of hydrogen-bond donors (Lipinski definition) is 1. The van der Waals surface area contributed by atoms with Gasteiger partial charge in [-0.15, -0.1) is 0 Å². The van der Waals surface area contributed by atoms with E-state index in [-0.39, 0.29) is 0 Å². The normalized spacial score (nSPS) is 18.6. The zero-order valence-corrected chi connectivity index (χ0v) is 14.6. The minimum Gasteiger partial charge on any atom is -0.454 e. The molecule has 1 aliphatic rings. The Hall–Kier alpha value is -0.110. The standard InChI is InChI=1S/C15H25IN2O2/c1-12(2)9-13(18-5-7-19-8-6-18)10-17-11-14-3-4-15(16)20-14/h3-4,12-13,17H,5-11H2,1-2H3. The molecule has 0 bridgehead atoms. The van der Waals surface area contributed by atoms with Crippen molar-refractivity contribution in [1.82, 2.24) is 10.2 Å². The molecule has 1 fully saturated rings. The molecule has 114 valence electrons. The lowest BCUT2D eigenvalue weighted by Gasteiger charge is -2.35. The summed E-state index contributed by atoms with van der Waals surface area (Å²) in [5.41, 5.74) is 0. The summed E-state index contributed by atoms with van der Waals surface area (Å²) >= 11 is 2.20. The topological polar surface area (TPSA) is 37.6 Å². The summed E-state index contributed by atoms with van der Waals surface area (Å²) in [6.45, 7) is 10.2. The molecule has 0 radical (unpaired) electrons. The van der Waals surface area contributed by atoms with E-state index < -0.39 is 0 Å². The molecular formula is C15H25IN2O2. The van der Waals surface area contributed by atoms with Crippen molar-refractivity contribution in [3.63, 3.8) is 0 Å². The summed E-state index contributed by atoms with van der Waals surface area (Å²) in [7, 11) is 0. The Kier molecular flexibility index (Phi) is 6.80. The van der Waals surface area contributed by atoms with Gasteiger partial charge in [0, 0.05) is 25.7 Å². The number of rotatable bonds is 7. The van der Waals surface area contributed by atoms with Gasteiger partial charge in [0.05, 0.1) is 19.8 Å². The summed E-state index contributed by atoms with van der Waals surface area (Å²) in [6.07, 6.45) is 1.22. The van der Waals surface area contributed by atoms with Crippen molar-refractivity contribution in [2.45, 2.75) is 32.9 Å². The smallest absolute Gasteiger partial charge is 0.164 e. The van der Waals surface area contributed by atoms with E-state index >= 15 is 0 Å². The summed E-state index contributed by atoms with van der Waals surface area (Å²) in [5.74, 6) is 1.73. The zero-order chi connectivity index (χ0) is 14.4. The van der Waals surface area contributed by atoms with Crippen molar-refractivity contribution in [3.8, 4) is 0 Å². The van der Waals surface area contributed by atoms with Crippen LogP contribution in [-0.2, 0) is 11.3 Å². The van der Waals surface area contributed by atoms with Gasteiger partial charge in [0.15, 0.2) is 3.77 Å². The quantitative estimate of drug-likeness (QED) is 0.725. The highest BCUT2D eigenvalue weighted by atomic mass is 127. The van der Waals surface area contributed by atoms with Crippen LogP contribution in [0.2, 0.25) is 0 Å². The fraction of sp³-hybridized carbons (Fsp3) is 0.733. The monoisotopic (exact) mass is 392 g/mol. The van der Waals surface area contributed by atoms with Crippen molar-refractivity contribution in [1.29, 1.82) is 0 Å². The van der Waals surface area contributed by atoms with Crippen LogP contribution in [0.25, 0.3) is 0 Å². The van der Waals surface area contributed by atoms with E-state index in [1.54, 1.807) is 0 Å². The highest BCUT2D eigenvalue weighted by Crippen LogP contribution is 2.14. The fourth-order valence-electron chi connectivity index (χ4n) is 2.66. The van der Waals surface area contributed by atoms with E-state index in [0.717, 1.165) is 48.9 Å². The van der Waals surface area contributed by atoms with Crippen LogP contribution in [0.1, 0.15) is 26.0 Å². The number of morpholine rings is 1. The van der Waals surface area contributed by atoms with E-state index in [1.807, 2.05) is 12.1 Å². The number of furan rings is 1. The largest absolute Gasteiger partial charge is 0.454 e. The van der Waals surface area contributed by atoms with Crippen molar-refractivity contribution in [2.24, 2.45) is 5.92 Å². The highest BCUT2D eigenvalue weighted by molar-refractivity contribution is 14.1. The molecule has 2 heterocycles. The predicted octanol–water partition coefficient (Wildman–Crippen LogP) is 2.72. The Labute approximate surface area is 135 Å². The molecule has 0 aliphatic carbocycles. The molecule has 0 spiro atoms. The van der Waals surface area contributed by atoms with Crippen LogP contribution < -0.4 is 5.32 Å². The molecule has 1 saturated heterocycles. The maximum atomic E-state index is 5.58. The lowest BCUT2D eigenvalue weighted by molar-refractivity contribution is 0.0122. The molecule has 1 atom stereocenters. The third kappa shape index (κ3) is 5.35. The van der Waals surface area contributed by atoms with Gasteiger partial charge in [0.25, 0.3) is 0 Å². The second kappa shape index (κ2) is 8.36. The van der Waals surface area contributed by atoms with Crippen molar-refractivity contribution in [3.05, 3.63) is 21.7 Å². The number of hydrogen-bond acceptors (Lipinski definition) is 4. The van der Waals surface area contributed by atoms with Crippen LogP contribution in [0.15, 0.2) is 16.5 Å². The summed E-state index contributed by atoms with van der Waals surface area (Å²) in [4.78, 5) is 2.56. The molecule has 0 aromatic carbocycles. The van der Waals surface area contributed by atoms with Crippen molar-refractivity contribution < 1.29 is 9.15 Å². The molecule has 1 unspecified atom stereocenters. The Balaban J connectivity index is 1.80. The number of nitrogens with zero attached hydrogens (tertiary/aromatic N) is 1. The molecule has 1 aliphatic heterocycles. The van der Waals surface area contributed by atoms with E-state index in [0.29, 0.717) is 12.0 Å². The third-order valence-corrected chi connectivity index (χ3v) is 4.19. The van der Waals surface area contributed by atoms with Crippen molar-refractivity contribution in [2.75, 3.05) is 32.8 Å². The highest BCUT2D eigenvalue weighted by Gasteiger charge is 2.21. The molecule has 1 aromatic heterocycles. The Bertz CT molecular complexity index is 389. The van der Waals surface area contributed by atoms with Crippen LogP contribution in [0.4, 0.5) is 0 Å². The Morgan fingerprint density at radius 2 is 2.05 bits per heavy atom. The van der Waals surface area contributed by atoms with Crippen LogP contribution in [0.3, 0.4) is 0 Å². The molecule has 4 nitrogen and oxygen atoms in total. The van der Waals surface area contributed by atoms with E-state index in [2.05, 4.69) is 46.7 Å².